The molecule has 0 aliphatic heterocycles. The van der Waals surface area contributed by atoms with E-state index in [1.165, 1.54) is 16.7 Å². The van der Waals surface area contributed by atoms with Gasteiger partial charge < -0.3 is 5.11 Å². The van der Waals surface area contributed by atoms with E-state index < -0.39 is 0 Å². The Morgan fingerprint density at radius 1 is 0.824 bits per heavy atom. The van der Waals surface area contributed by atoms with E-state index in [9.17, 15) is 0 Å². The molecule has 1 heteroatoms. The van der Waals surface area contributed by atoms with Crippen molar-refractivity contribution in [1.29, 1.82) is 0 Å². The first-order chi connectivity index (χ1) is 8.29. The lowest BCUT2D eigenvalue weighted by Crippen LogP contribution is -1.78. The van der Waals surface area contributed by atoms with Crippen molar-refractivity contribution in [2.45, 2.75) is 6.92 Å². The largest absolute Gasteiger partial charge is 0.400 e. The third-order valence-corrected chi connectivity index (χ3v) is 2.53. The van der Waals surface area contributed by atoms with Crippen LogP contribution in [0.15, 0.2) is 55.1 Å². The quantitative estimate of drug-likeness (QED) is 0.823. The number of aliphatic hydroxyl groups excluding tert-OH is 1. The molecule has 0 spiro atoms. The van der Waals surface area contributed by atoms with Gasteiger partial charge in [0.25, 0.3) is 0 Å². The predicted molar refractivity (Wildman–Crippen MR) is 74.8 cm³/mol. The van der Waals surface area contributed by atoms with E-state index in [0.29, 0.717) is 0 Å². The van der Waals surface area contributed by atoms with Crippen LogP contribution in [0.2, 0.25) is 0 Å². The lowest BCUT2D eigenvalue weighted by Gasteiger charge is -2.02. The molecule has 0 saturated heterocycles. The molecule has 0 aromatic heterocycles. The zero-order valence-corrected chi connectivity index (χ0v) is 10.4. The van der Waals surface area contributed by atoms with Gasteiger partial charge in [-0.25, -0.2) is 0 Å². The van der Waals surface area contributed by atoms with Gasteiger partial charge in [0.1, 0.15) is 0 Å². The standard InChI is InChI=1S/C15H14.CH4O/c1-3-13-6-10-15(11-7-13)14-8-4-12(2)5-9-14;1-2/h3-11H,1H2,2H3;2H,1H3. The Hall–Kier alpha value is -1.86. The summed E-state index contributed by atoms with van der Waals surface area (Å²) in [5.41, 5.74) is 4.96. The molecule has 0 aliphatic carbocycles. The number of rotatable bonds is 2. The van der Waals surface area contributed by atoms with Crippen molar-refractivity contribution >= 4 is 6.08 Å². The van der Waals surface area contributed by atoms with E-state index >= 15 is 0 Å². The summed E-state index contributed by atoms with van der Waals surface area (Å²) < 4.78 is 0. The first-order valence-corrected chi connectivity index (χ1v) is 5.54. The van der Waals surface area contributed by atoms with Crippen molar-refractivity contribution < 1.29 is 5.11 Å². The van der Waals surface area contributed by atoms with Gasteiger partial charge in [-0.1, -0.05) is 66.7 Å². The van der Waals surface area contributed by atoms with Crippen molar-refractivity contribution in [2.24, 2.45) is 0 Å². The van der Waals surface area contributed by atoms with Crippen molar-refractivity contribution in [3.63, 3.8) is 0 Å². The van der Waals surface area contributed by atoms with Crippen molar-refractivity contribution in [2.75, 3.05) is 7.11 Å². The maximum Gasteiger partial charge on any atom is 0.0319 e. The molecule has 0 aliphatic rings. The number of aliphatic hydroxyl groups is 1. The molecule has 0 atom stereocenters. The lowest BCUT2D eigenvalue weighted by molar-refractivity contribution is 0.399. The van der Waals surface area contributed by atoms with Crippen LogP contribution in [0, 0.1) is 6.92 Å². The van der Waals surface area contributed by atoms with E-state index in [4.69, 9.17) is 5.11 Å². The van der Waals surface area contributed by atoms with Gasteiger partial charge in [-0.05, 0) is 23.6 Å². The SMILES string of the molecule is C=Cc1ccc(-c2ccc(C)cc2)cc1.CO. The smallest absolute Gasteiger partial charge is 0.0319 e. The highest BCUT2D eigenvalue weighted by atomic mass is 16.2. The van der Waals surface area contributed by atoms with Gasteiger partial charge in [0, 0.05) is 7.11 Å². The van der Waals surface area contributed by atoms with Gasteiger partial charge in [-0.2, -0.15) is 0 Å². The molecule has 0 heterocycles. The average Bonchev–Trinajstić information content (AvgIpc) is 2.42. The van der Waals surface area contributed by atoms with Crippen LogP contribution in [0.4, 0.5) is 0 Å². The van der Waals surface area contributed by atoms with Crippen LogP contribution in [-0.4, -0.2) is 12.2 Å². The highest BCUT2D eigenvalue weighted by Crippen LogP contribution is 2.20. The molecule has 2 aromatic rings. The highest BCUT2D eigenvalue weighted by Gasteiger charge is 1.96. The fourth-order valence-corrected chi connectivity index (χ4v) is 1.56. The number of hydrogen-bond donors (Lipinski definition) is 1. The Kier molecular flexibility index (Phi) is 5.18. The van der Waals surface area contributed by atoms with E-state index in [2.05, 4.69) is 62.0 Å². The molecule has 17 heavy (non-hydrogen) atoms. The van der Waals surface area contributed by atoms with Crippen molar-refractivity contribution in [3.8, 4) is 11.1 Å². The number of aryl methyl sites for hydroxylation is 1. The molecule has 0 unspecified atom stereocenters. The first kappa shape index (κ1) is 13.2. The summed E-state index contributed by atoms with van der Waals surface area (Å²) in [5.74, 6) is 0. The maximum atomic E-state index is 7.00. The van der Waals surface area contributed by atoms with E-state index in [0.717, 1.165) is 12.7 Å². The second kappa shape index (κ2) is 6.66. The monoisotopic (exact) mass is 226 g/mol. The second-order valence-corrected chi connectivity index (χ2v) is 3.69. The van der Waals surface area contributed by atoms with Crippen LogP contribution in [0.5, 0.6) is 0 Å². The Morgan fingerprint density at radius 2 is 1.24 bits per heavy atom. The van der Waals surface area contributed by atoms with Crippen molar-refractivity contribution in [3.05, 3.63) is 66.2 Å². The summed E-state index contributed by atoms with van der Waals surface area (Å²) >= 11 is 0. The minimum Gasteiger partial charge on any atom is -0.400 e. The first-order valence-electron chi connectivity index (χ1n) is 5.54. The normalized spacial score (nSPS) is 9.12. The van der Waals surface area contributed by atoms with Crippen LogP contribution >= 0.6 is 0 Å². The van der Waals surface area contributed by atoms with Gasteiger partial charge in [0.15, 0.2) is 0 Å². The van der Waals surface area contributed by atoms with Crippen LogP contribution in [-0.2, 0) is 0 Å². The molecule has 88 valence electrons. The third-order valence-electron chi connectivity index (χ3n) is 2.53. The van der Waals surface area contributed by atoms with E-state index in [1.54, 1.807) is 0 Å². The van der Waals surface area contributed by atoms with Gasteiger partial charge in [0.2, 0.25) is 0 Å². The van der Waals surface area contributed by atoms with E-state index in [1.807, 2.05) is 6.08 Å². The molecule has 0 bridgehead atoms. The molecule has 0 amide bonds. The fourth-order valence-electron chi connectivity index (χ4n) is 1.56. The molecule has 0 radical (unpaired) electrons. The van der Waals surface area contributed by atoms with Crippen LogP contribution in [0.1, 0.15) is 11.1 Å². The Bertz CT molecular complexity index is 452. The topological polar surface area (TPSA) is 20.2 Å². The summed E-state index contributed by atoms with van der Waals surface area (Å²) in [6.07, 6.45) is 1.86. The average molecular weight is 226 g/mol. The zero-order valence-electron chi connectivity index (χ0n) is 10.4. The van der Waals surface area contributed by atoms with E-state index in [-0.39, 0.29) is 0 Å². The minimum absolute atomic E-state index is 1.00. The fraction of sp³-hybridized carbons (Fsp3) is 0.125. The molecular formula is C16H18O. The summed E-state index contributed by atoms with van der Waals surface area (Å²) in [6, 6.07) is 17.0. The molecular weight excluding hydrogens is 208 g/mol. The number of benzene rings is 2. The van der Waals surface area contributed by atoms with Crippen LogP contribution in [0.25, 0.3) is 17.2 Å². The Morgan fingerprint density at radius 3 is 1.65 bits per heavy atom. The van der Waals surface area contributed by atoms with Crippen molar-refractivity contribution in [1.82, 2.24) is 0 Å². The third kappa shape index (κ3) is 3.58. The molecule has 1 N–H and O–H groups in total. The summed E-state index contributed by atoms with van der Waals surface area (Å²) in [6.45, 7) is 5.85. The molecule has 0 fully saturated rings. The molecule has 0 saturated carbocycles. The Labute approximate surface area is 103 Å². The second-order valence-electron chi connectivity index (χ2n) is 3.69. The minimum atomic E-state index is 1.00. The zero-order chi connectivity index (χ0) is 12.7. The maximum absolute atomic E-state index is 7.00. The predicted octanol–water partition coefficient (Wildman–Crippen LogP) is 3.91. The van der Waals surface area contributed by atoms with Crippen LogP contribution in [0.3, 0.4) is 0 Å². The molecule has 2 rings (SSSR count). The summed E-state index contributed by atoms with van der Waals surface area (Å²) in [7, 11) is 1.00. The van der Waals surface area contributed by atoms with Gasteiger partial charge in [-0.3, -0.25) is 0 Å². The number of hydrogen-bond acceptors (Lipinski definition) is 1. The summed E-state index contributed by atoms with van der Waals surface area (Å²) in [4.78, 5) is 0. The highest BCUT2D eigenvalue weighted by molar-refractivity contribution is 5.65. The summed E-state index contributed by atoms with van der Waals surface area (Å²) in [5, 5.41) is 7.00. The van der Waals surface area contributed by atoms with Gasteiger partial charge in [0.05, 0.1) is 0 Å². The van der Waals surface area contributed by atoms with Gasteiger partial charge >= 0.3 is 0 Å². The Balaban J connectivity index is 0.000000686. The van der Waals surface area contributed by atoms with Gasteiger partial charge in [-0.15, -0.1) is 0 Å². The molecule has 1 nitrogen and oxygen atoms in total. The lowest BCUT2D eigenvalue weighted by atomic mass is 10.0. The molecule has 2 aromatic carbocycles. The van der Waals surface area contributed by atoms with Crippen LogP contribution < -0.4 is 0 Å².